The summed E-state index contributed by atoms with van der Waals surface area (Å²) in [6, 6.07) is 7.52. The van der Waals surface area contributed by atoms with Crippen molar-refractivity contribution in [2.75, 3.05) is 37.4 Å². The van der Waals surface area contributed by atoms with E-state index < -0.39 is 10.9 Å². The lowest BCUT2D eigenvalue weighted by Gasteiger charge is -2.32. The Morgan fingerprint density at radius 3 is 2.36 bits per heavy atom. The number of methoxy groups -OCH3 is 1. The lowest BCUT2D eigenvalue weighted by atomic mass is 10.0. The quantitative estimate of drug-likeness (QED) is 0.701. The second kappa shape index (κ2) is 8.77. The summed E-state index contributed by atoms with van der Waals surface area (Å²) in [6.07, 6.45) is 1.07. The van der Waals surface area contributed by atoms with E-state index in [1.807, 2.05) is 24.3 Å². The first-order chi connectivity index (χ1) is 13.5. The third kappa shape index (κ3) is 4.27. The Bertz CT molecular complexity index is 878. The first kappa shape index (κ1) is 19.7. The Balaban J connectivity index is 1.56. The topological polar surface area (TPSA) is 97.0 Å². The SMILES string of the molecule is CCOC(=O)N1CCC(Nc2c(NCc3ccc(OC)cc3)c(=O)c2=O)CC1. The van der Waals surface area contributed by atoms with Crippen LogP contribution in [0.4, 0.5) is 16.2 Å². The predicted octanol–water partition coefficient (Wildman–Crippen LogP) is 1.94. The number of hydrogen-bond acceptors (Lipinski definition) is 7. The average molecular weight is 387 g/mol. The third-order valence-electron chi connectivity index (χ3n) is 4.91. The standard InChI is InChI=1S/C20H25N3O5/c1-3-28-20(26)23-10-8-14(9-11-23)22-17-16(18(24)19(17)25)21-12-13-4-6-15(27-2)7-5-13/h4-7,14,21-22H,3,8-12H2,1-2H3. The molecule has 0 aromatic heterocycles. The van der Waals surface area contributed by atoms with E-state index in [9.17, 15) is 14.4 Å². The van der Waals surface area contributed by atoms with Crippen LogP contribution in [0.3, 0.4) is 0 Å². The smallest absolute Gasteiger partial charge is 0.409 e. The molecule has 28 heavy (non-hydrogen) atoms. The molecule has 150 valence electrons. The number of carbonyl (C=O) groups excluding carboxylic acids is 1. The highest BCUT2D eigenvalue weighted by atomic mass is 16.6. The highest BCUT2D eigenvalue weighted by molar-refractivity contribution is 5.74. The van der Waals surface area contributed by atoms with Crippen LogP contribution in [-0.4, -0.2) is 43.8 Å². The van der Waals surface area contributed by atoms with E-state index in [1.165, 1.54) is 0 Å². The Morgan fingerprint density at radius 1 is 1.11 bits per heavy atom. The number of ether oxygens (including phenoxy) is 2. The van der Waals surface area contributed by atoms with Crippen molar-refractivity contribution >= 4 is 17.5 Å². The minimum Gasteiger partial charge on any atom is -0.497 e. The zero-order chi connectivity index (χ0) is 20.1. The maximum Gasteiger partial charge on any atom is 0.409 e. The lowest BCUT2D eigenvalue weighted by Crippen LogP contribution is -2.45. The molecular formula is C20H25N3O5. The van der Waals surface area contributed by atoms with Gasteiger partial charge in [0.1, 0.15) is 17.1 Å². The van der Waals surface area contributed by atoms with Crippen LogP contribution >= 0.6 is 0 Å². The number of nitrogens with zero attached hydrogens (tertiary/aromatic N) is 1. The number of hydrogen-bond donors (Lipinski definition) is 2. The van der Waals surface area contributed by atoms with Crippen LogP contribution in [0, 0.1) is 0 Å². The van der Waals surface area contributed by atoms with E-state index >= 15 is 0 Å². The number of carbonyl (C=O) groups is 1. The predicted molar refractivity (Wildman–Crippen MR) is 107 cm³/mol. The maximum atomic E-state index is 12.0. The van der Waals surface area contributed by atoms with Crippen molar-refractivity contribution < 1.29 is 14.3 Å². The summed E-state index contributed by atoms with van der Waals surface area (Å²) in [5.41, 5.74) is 0.648. The molecular weight excluding hydrogens is 362 g/mol. The van der Waals surface area contributed by atoms with Gasteiger partial charge in [0.2, 0.25) is 0 Å². The van der Waals surface area contributed by atoms with Crippen LogP contribution < -0.4 is 26.2 Å². The first-order valence-corrected chi connectivity index (χ1v) is 9.41. The normalized spacial score (nSPS) is 14.7. The first-order valence-electron chi connectivity index (χ1n) is 9.41. The molecule has 1 saturated heterocycles. The molecule has 1 fully saturated rings. The number of nitrogens with one attached hydrogen (secondary N) is 2. The van der Waals surface area contributed by atoms with Crippen molar-refractivity contribution in [2.24, 2.45) is 0 Å². The summed E-state index contributed by atoms with van der Waals surface area (Å²) in [6.45, 7) is 3.67. The second-order valence-electron chi connectivity index (χ2n) is 6.71. The molecule has 2 aromatic carbocycles. The average Bonchev–Trinajstić information content (AvgIpc) is 2.73. The minimum atomic E-state index is -0.500. The van der Waals surface area contributed by atoms with Crippen molar-refractivity contribution in [3.05, 3.63) is 50.3 Å². The van der Waals surface area contributed by atoms with Gasteiger partial charge in [-0.05, 0) is 37.5 Å². The Morgan fingerprint density at radius 2 is 1.75 bits per heavy atom. The van der Waals surface area contributed by atoms with E-state index in [1.54, 1.807) is 18.9 Å². The fourth-order valence-corrected chi connectivity index (χ4v) is 3.26. The maximum absolute atomic E-state index is 12.0. The molecule has 8 nitrogen and oxygen atoms in total. The molecule has 0 radical (unpaired) electrons. The van der Waals surface area contributed by atoms with Crippen molar-refractivity contribution in [3.63, 3.8) is 0 Å². The summed E-state index contributed by atoms with van der Waals surface area (Å²) >= 11 is 0. The molecule has 0 spiro atoms. The molecule has 3 rings (SSSR count). The van der Waals surface area contributed by atoms with Gasteiger partial charge in [-0.25, -0.2) is 4.79 Å². The number of anilines is 2. The van der Waals surface area contributed by atoms with Crippen LogP contribution in [-0.2, 0) is 11.3 Å². The molecule has 0 atom stereocenters. The molecule has 8 heteroatoms. The van der Waals surface area contributed by atoms with Crippen LogP contribution in [0.2, 0.25) is 0 Å². The molecule has 1 amide bonds. The molecule has 0 unspecified atom stereocenters. The van der Waals surface area contributed by atoms with Gasteiger partial charge in [-0.1, -0.05) is 12.1 Å². The van der Waals surface area contributed by atoms with Crippen molar-refractivity contribution in [1.82, 2.24) is 4.90 Å². The van der Waals surface area contributed by atoms with E-state index in [4.69, 9.17) is 9.47 Å². The zero-order valence-electron chi connectivity index (χ0n) is 16.1. The molecule has 1 aliphatic heterocycles. The Kier molecular flexibility index (Phi) is 6.18. The molecule has 0 aliphatic carbocycles. The van der Waals surface area contributed by atoms with E-state index in [2.05, 4.69) is 10.6 Å². The van der Waals surface area contributed by atoms with Gasteiger partial charge in [-0.15, -0.1) is 0 Å². The van der Waals surface area contributed by atoms with Gasteiger partial charge in [0.25, 0.3) is 10.9 Å². The summed E-state index contributed by atoms with van der Waals surface area (Å²) < 4.78 is 10.1. The van der Waals surface area contributed by atoms with Crippen LogP contribution in [0.1, 0.15) is 25.3 Å². The molecule has 1 aliphatic rings. The van der Waals surface area contributed by atoms with Gasteiger partial charge in [-0.3, -0.25) is 9.59 Å². The fraction of sp³-hybridized carbons (Fsp3) is 0.450. The second-order valence-corrected chi connectivity index (χ2v) is 6.71. The van der Waals surface area contributed by atoms with Crippen LogP contribution in [0.25, 0.3) is 0 Å². The van der Waals surface area contributed by atoms with Gasteiger partial charge in [0.05, 0.1) is 13.7 Å². The van der Waals surface area contributed by atoms with Crippen molar-refractivity contribution in [3.8, 4) is 5.75 Å². The van der Waals surface area contributed by atoms with Crippen molar-refractivity contribution in [1.29, 1.82) is 0 Å². The van der Waals surface area contributed by atoms with Gasteiger partial charge < -0.3 is 25.0 Å². The highest BCUT2D eigenvalue weighted by Gasteiger charge is 2.27. The summed E-state index contributed by atoms with van der Waals surface area (Å²) in [7, 11) is 1.60. The molecule has 1 heterocycles. The summed E-state index contributed by atoms with van der Waals surface area (Å²) in [5, 5.41) is 6.24. The van der Waals surface area contributed by atoms with Gasteiger partial charge >= 0.3 is 6.09 Å². The number of benzene rings is 1. The van der Waals surface area contributed by atoms with Gasteiger partial charge in [0.15, 0.2) is 0 Å². The highest BCUT2D eigenvalue weighted by Crippen LogP contribution is 2.21. The van der Waals surface area contributed by atoms with E-state index in [-0.39, 0.29) is 12.1 Å². The number of likely N-dealkylation sites (tertiary alicyclic amines) is 1. The molecule has 2 N–H and O–H groups in total. The largest absolute Gasteiger partial charge is 0.497 e. The Labute approximate surface area is 163 Å². The molecule has 0 saturated carbocycles. The summed E-state index contributed by atoms with van der Waals surface area (Å²) in [4.78, 5) is 37.4. The number of rotatable bonds is 7. The number of amides is 1. The van der Waals surface area contributed by atoms with Gasteiger partial charge in [-0.2, -0.15) is 0 Å². The zero-order valence-corrected chi connectivity index (χ0v) is 16.1. The Hall–Kier alpha value is -3.03. The van der Waals surface area contributed by atoms with E-state index in [0.29, 0.717) is 50.5 Å². The van der Waals surface area contributed by atoms with Crippen LogP contribution in [0.15, 0.2) is 33.9 Å². The third-order valence-corrected chi connectivity index (χ3v) is 4.91. The minimum absolute atomic E-state index is 0.0375. The van der Waals surface area contributed by atoms with Gasteiger partial charge in [0, 0.05) is 25.7 Å². The van der Waals surface area contributed by atoms with E-state index in [0.717, 1.165) is 11.3 Å². The van der Waals surface area contributed by atoms with Crippen molar-refractivity contribution in [2.45, 2.75) is 32.4 Å². The monoisotopic (exact) mass is 387 g/mol. The van der Waals surface area contributed by atoms with Crippen LogP contribution in [0.5, 0.6) is 5.75 Å². The fourth-order valence-electron chi connectivity index (χ4n) is 3.26. The molecule has 0 bridgehead atoms. The lowest BCUT2D eigenvalue weighted by molar-refractivity contribution is 0.0983. The molecule has 2 aromatic rings. The summed E-state index contributed by atoms with van der Waals surface area (Å²) in [5.74, 6) is 0.759. The number of piperidine rings is 1.